The van der Waals surface area contributed by atoms with Crippen molar-refractivity contribution in [1.29, 1.82) is 0 Å². The van der Waals surface area contributed by atoms with Crippen molar-refractivity contribution < 1.29 is 10.2 Å². The van der Waals surface area contributed by atoms with Gasteiger partial charge in [-0.05, 0) is 5.56 Å². The molecule has 2 heterocycles. The monoisotopic (exact) mass is 216 g/mol. The van der Waals surface area contributed by atoms with E-state index in [2.05, 4.69) is 4.98 Å². The second-order valence-corrected chi connectivity index (χ2v) is 3.97. The molecule has 0 aliphatic carbocycles. The molecule has 1 aliphatic heterocycles. The lowest BCUT2D eigenvalue weighted by Gasteiger charge is -2.19. The number of fused-ring (bicyclic) bond motifs is 3. The van der Waals surface area contributed by atoms with Gasteiger partial charge in [0.1, 0.15) is 6.10 Å². The zero-order chi connectivity index (χ0) is 11.1. The predicted octanol–water partition coefficient (Wildman–Crippen LogP) is 0.806. The molecule has 0 amide bonds. The van der Waals surface area contributed by atoms with Crippen LogP contribution in [-0.2, 0) is 0 Å². The molecule has 0 fully saturated rings. The average Bonchev–Trinajstić information content (AvgIpc) is 2.87. The fourth-order valence-electron chi connectivity index (χ4n) is 2.37. The lowest BCUT2D eigenvalue weighted by atomic mass is 10.00. The maximum atomic E-state index is 9.87. The summed E-state index contributed by atoms with van der Waals surface area (Å²) >= 11 is 0. The van der Waals surface area contributed by atoms with Gasteiger partial charge in [0, 0.05) is 5.56 Å². The molecule has 16 heavy (non-hydrogen) atoms. The number of benzene rings is 1. The second-order valence-electron chi connectivity index (χ2n) is 3.97. The highest BCUT2D eigenvalue weighted by atomic mass is 16.3. The summed E-state index contributed by atoms with van der Waals surface area (Å²) in [5.41, 5.74) is 3.12. The van der Waals surface area contributed by atoms with Crippen molar-refractivity contribution in [3.8, 4) is 11.3 Å². The summed E-state index contributed by atoms with van der Waals surface area (Å²) in [4.78, 5) is 4.08. The third-order valence-electron chi connectivity index (χ3n) is 3.07. The van der Waals surface area contributed by atoms with E-state index >= 15 is 0 Å². The van der Waals surface area contributed by atoms with Crippen LogP contribution in [0.3, 0.4) is 0 Å². The molecule has 2 N–H and O–H groups in total. The van der Waals surface area contributed by atoms with Gasteiger partial charge in [0.05, 0.1) is 30.9 Å². The normalized spacial score (nSPS) is 19.2. The summed E-state index contributed by atoms with van der Waals surface area (Å²) in [5.74, 6) is 0. The van der Waals surface area contributed by atoms with Crippen LogP contribution < -0.4 is 0 Å². The van der Waals surface area contributed by atoms with Crippen LogP contribution in [0.25, 0.3) is 11.3 Å². The van der Waals surface area contributed by atoms with Gasteiger partial charge in [-0.1, -0.05) is 24.3 Å². The maximum Gasteiger partial charge on any atom is 0.102 e. The number of aromatic nitrogens is 2. The van der Waals surface area contributed by atoms with Gasteiger partial charge in [0.2, 0.25) is 0 Å². The first-order valence-electron chi connectivity index (χ1n) is 5.23. The van der Waals surface area contributed by atoms with Crippen LogP contribution in [0.4, 0.5) is 0 Å². The Hall–Kier alpha value is -1.65. The van der Waals surface area contributed by atoms with Crippen molar-refractivity contribution in [3.63, 3.8) is 0 Å². The molecule has 0 saturated carbocycles. The fraction of sp³-hybridized carbons (Fsp3) is 0.250. The highest BCUT2D eigenvalue weighted by molar-refractivity contribution is 5.69. The summed E-state index contributed by atoms with van der Waals surface area (Å²) in [7, 11) is 0. The van der Waals surface area contributed by atoms with Gasteiger partial charge in [-0.15, -0.1) is 0 Å². The van der Waals surface area contributed by atoms with Crippen molar-refractivity contribution in [2.75, 3.05) is 6.61 Å². The van der Waals surface area contributed by atoms with Crippen LogP contribution in [0.1, 0.15) is 11.6 Å². The first kappa shape index (κ1) is 9.57. The molecule has 0 radical (unpaired) electrons. The lowest BCUT2D eigenvalue weighted by Crippen LogP contribution is -2.25. The lowest BCUT2D eigenvalue weighted by molar-refractivity contribution is 0.0663. The topological polar surface area (TPSA) is 58.3 Å². The van der Waals surface area contributed by atoms with Gasteiger partial charge in [-0.3, -0.25) is 0 Å². The highest BCUT2D eigenvalue weighted by Gasteiger charge is 2.32. The van der Waals surface area contributed by atoms with E-state index in [1.807, 2.05) is 28.8 Å². The number of rotatable bonds is 2. The van der Waals surface area contributed by atoms with E-state index in [0.717, 1.165) is 16.8 Å². The maximum absolute atomic E-state index is 9.87. The van der Waals surface area contributed by atoms with E-state index in [4.69, 9.17) is 5.11 Å². The summed E-state index contributed by atoms with van der Waals surface area (Å²) in [6.45, 7) is -0.253. The quantitative estimate of drug-likeness (QED) is 0.781. The van der Waals surface area contributed by atoms with Gasteiger partial charge in [0.25, 0.3) is 0 Å². The minimum absolute atomic E-state index is 0.223. The molecule has 0 bridgehead atoms. The predicted molar refractivity (Wildman–Crippen MR) is 58.9 cm³/mol. The smallest absolute Gasteiger partial charge is 0.102 e. The van der Waals surface area contributed by atoms with Gasteiger partial charge in [-0.25, -0.2) is 4.98 Å². The van der Waals surface area contributed by atoms with Crippen molar-refractivity contribution in [2.45, 2.75) is 12.1 Å². The van der Waals surface area contributed by atoms with E-state index in [-0.39, 0.29) is 12.6 Å². The number of aliphatic hydroxyl groups is 2. The van der Waals surface area contributed by atoms with Gasteiger partial charge in [0.15, 0.2) is 0 Å². The zero-order valence-corrected chi connectivity index (χ0v) is 8.61. The van der Waals surface area contributed by atoms with Crippen molar-refractivity contribution in [1.82, 2.24) is 9.55 Å². The first-order valence-corrected chi connectivity index (χ1v) is 5.23. The van der Waals surface area contributed by atoms with Crippen LogP contribution in [0, 0.1) is 0 Å². The molecule has 1 aliphatic rings. The molecule has 1 aromatic carbocycles. The Kier molecular flexibility index (Phi) is 2.05. The second kappa shape index (κ2) is 3.43. The van der Waals surface area contributed by atoms with Crippen LogP contribution in [0.5, 0.6) is 0 Å². The molecule has 82 valence electrons. The minimum atomic E-state index is -0.795. The Morgan fingerprint density at radius 2 is 2.19 bits per heavy atom. The minimum Gasteiger partial charge on any atom is -0.394 e. The summed E-state index contributed by atoms with van der Waals surface area (Å²) in [6, 6.07) is 7.66. The van der Waals surface area contributed by atoms with Crippen molar-refractivity contribution >= 4 is 0 Å². The van der Waals surface area contributed by atoms with Gasteiger partial charge >= 0.3 is 0 Å². The molecule has 0 saturated heterocycles. The Balaban J connectivity index is 2.21. The van der Waals surface area contributed by atoms with E-state index in [9.17, 15) is 5.11 Å². The Morgan fingerprint density at radius 1 is 1.38 bits per heavy atom. The molecular weight excluding hydrogens is 204 g/mol. The molecule has 2 aromatic rings. The Morgan fingerprint density at radius 3 is 3.00 bits per heavy atom. The zero-order valence-electron chi connectivity index (χ0n) is 8.61. The van der Waals surface area contributed by atoms with Crippen LogP contribution in [-0.4, -0.2) is 32.5 Å². The Bertz CT molecular complexity index is 521. The van der Waals surface area contributed by atoms with Crippen LogP contribution in [0.15, 0.2) is 36.8 Å². The van der Waals surface area contributed by atoms with E-state index in [1.54, 1.807) is 12.5 Å². The number of imidazole rings is 1. The highest BCUT2D eigenvalue weighted by Crippen LogP contribution is 2.40. The molecule has 2 atom stereocenters. The average molecular weight is 216 g/mol. The van der Waals surface area contributed by atoms with Crippen LogP contribution in [0.2, 0.25) is 0 Å². The molecule has 0 spiro atoms. The third-order valence-corrected chi connectivity index (χ3v) is 3.07. The van der Waals surface area contributed by atoms with Crippen molar-refractivity contribution in [3.05, 3.63) is 42.4 Å². The molecule has 3 rings (SSSR count). The van der Waals surface area contributed by atoms with Gasteiger partial charge in [-0.2, -0.15) is 0 Å². The van der Waals surface area contributed by atoms with Crippen molar-refractivity contribution in [2.24, 2.45) is 0 Å². The van der Waals surface area contributed by atoms with Crippen LogP contribution >= 0.6 is 0 Å². The molecule has 4 nitrogen and oxygen atoms in total. The Labute approximate surface area is 92.8 Å². The SMILES string of the molecule is OCC(O)C1c2ccccc2-c2cncn21. The number of hydrogen-bond acceptors (Lipinski definition) is 3. The van der Waals surface area contributed by atoms with E-state index in [1.165, 1.54) is 0 Å². The largest absolute Gasteiger partial charge is 0.394 e. The molecule has 2 unspecified atom stereocenters. The number of aliphatic hydroxyl groups excluding tert-OH is 2. The molecular formula is C12H12N2O2. The summed E-state index contributed by atoms with van der Waals surface area (Å²) in [6.07, 6.45) is 2.68. The first-order chi connectivity index (χ1) is 7.83. The van der Waals surface area contributed by atoms with E-state index < -0.39 is 6.10 Å². The number of hydrogen-bond donors (Lipinski definition) is 2. The third kappa shape index (κ3) is 1.14. The fourth-order valence-corrected chi connectivity index (χ4v) is 2.37. The summed E-state index contributed by atoms with van der Waals surface area (Å²) in [5, 5.41) is 19.0. The number of nitrogens with zero attached hydrogens (tertiary/aromatic N) is 2. The summed E-state index contributed by atoms with van der Waals surface area (Å²) < 4.78 is 1.91. The standard InChI is InChI=1S/C12H12N2O2/c15-6-11(16)12-9-4-2-1-3-8(9)10-5-13-7-14(10)12/h1-5,7,11-12,15-16H,6H2. The molecule has 1 aromatic heterocycles. The van der Waals surface area contributed by atoms with Gasteiger partial charge < -0.3 is 14.8 Å². The molecule has 4 heteroatoms. The van der Waals surface area contributed by atoms with E-state index in [0.29, 0.717) is 0 Å².